The van der Waals surface area contributed by atoms with E-state index in [0.29, 0.717) is 50.1 Å². The average molecular weight is 282 g/mol. The van der Waals surface area contributed by atoms with Gasteiger partial charge in [-0.15, -0.1) is 0 Å². The monoisotopic (exact) mass is 282 g/mol. The second kappa shape index (κ2) is 9.17. The lowest BCUT2D eigenvalue weighted by Gasteiger charge is -2.13. The molecule has 0 aromatic heterocycles. The lowest BCUT2D eigenvalue weighted by Crippen LogP contribution is -2.13. The lowest BCUT2D eigenvalue weighted by molar-refractivity contribution is 0.0539. The molecular formula is C14H22N2O4. The van der Waals surface area contributed by atoms with Crippen LogP contribution >= 0.6 is 0 Å². The highest BCUT2D eigenvalue weighted by Crippen LogP contribution is 2.28. The predicted molar refractivity (Wildman–Crippen MR) is 76.8 cm³/mol. The Bertz CT molecular complexity index is 424. The van der Waals surface area contributed by atoms with E-state index in [1.165, 1.54) is 0 Å². The Balaban J connectivity index is 2.53. The van der Waals surface area contributed by atoms with Crippen molar-refractivity contribution in [2.75, 3.05) is 40.1 Å². The molecule has 6 heteroatoms. The van der Waals surface area contributed by atoms with E-state index >= 15 is 0 Å². The third kappa shape index (κ3) is 5.46. The molecule has 0 unspecified atom stereocenters. The number of methoxy groups -OCH3 is 1. The largest absolute Gasteiger partial charge is 0.490 e. The number of ether oxygens (including phenoxy) is 4. The van der Waals surface area contributed by atoms with Crippen molar-refractivity contribution in [3.8, 4) is 11.5 Å². The molecule has 0 aliphatic rings. The molecule has 0 spiro atoms. The van der Waals surface area contributed by atoms with Crippen LogP contribution in [0.5, 0.6) is 11.5 Å². The first-order valence-corrected chi connectivity index (χ1v) is 6.49. The number of nitrogen functional groups attached to an aromatic ring is 1. The SMILES string of the molecule is CCOc1cc(C(=N)N)ccc1OCCOCCOC. The Morgan fingerprint density at radius 2 is 1.85 bits per heavy atom. The molecule has 6 nitrogen and oxygen atoms in total. The van der Waals surface area contributed by atoms with Crippen LogP contribution in [0.3, 0.4) is 0 Å². The molecule has 0 bridgehead atoms. The smallest absolute Gasteiger partial charge is 0.161 e. The van der Waals surface area contributed by atoms with Gasteiger partial charge in [-0.25, -0.2) is 0 Å². The molecule has 1 aromatic carbocycles. The number of hydrogen-bond donors (Lipinski definition) is 2. The van der Waals surface area contributed by atoms with Gasteiger partial charge in [0, 0.05) is 12.7 Å². The molecule has 0 aliphatic carbocycles. The van der Waals surface area contributed by atoms with Crippen LogP contribution in [0.25, 0.3) is 0 Å². The second-order valence-corrected chi connectivity index (χ2v) is 3.96. The van der Waals surface area contributed by atoms with Gasteiger partial charge in [-0.05, 0) is 25.1 Å². The highest BCUT2D eigenvalue weighted by molar-refractivity contribution is 5.95. The maximum atomic E-state index is 7.42. The van der Waals surface area contributed by atoms with Gasteiger partial charge in [0.05, 0.1) is 26.4 Å². The van der Waals surface area contributed by atoms with Crippen molar-refractivity contribution < 1.29 is 18.9 Å². The van der Waals surface area contributed by atoms with Crippen molar-refractivity contribution in [1.82, 2.24) is 0 Å². The Morgan fingerprint density at radius 1 is 1.10 bits per heavy atom. The van der Waals surface area contributed by atoms with Gasteiger partial charge < -0.3 is 24.7 Å². The molecule has 0 aliphatic heterocycles. The molecule has 1 rings (SSSR count). The summed E-state index contributed by atoms with van der Waals surface area (Å²) in [7, 11) is 1.63. The fourth-order valence-electron chi connectivity index (χ4n) is 1.52. The summed E-state index contributed by atoms with van der Waals surface area (Å²) in [6.07, 6.45) is 0. The van der Waals surface area contributed by atoms with E-state index < -0.39 is 0 Å². The van der Waals surface area contributed by atoms with E-state index in [-0.39, 0.29) is 5.84 Å². The number of rotatable bonds is 10. The standard InChI is InChI=1S/C14H22N2O4/c1-3-19-13-10-11(14(15)16)4-5-12(13)20-9-8-18-7-6-17-2/h4-5,10H,3,6-9H2,1-2H3,(H3,15,16). The van der Waals surface area contributed by atoms with Crippen molar-refractivity contribution in [2.45, 2.75) is 6.92 Å². The fraction of sp³-hybridized carbons (Fsp3) is 0.500. The minimum absolute atomic E-state index is 0.000372. The number of benzene rings is 1. The molecule has 112 valence electrons. The topological polar surface area (TPSA) is 86.8 Å². The summed E-state index contributed by atoms with van der Waals surface area (Å²) in [6, 6.07) is 5.18. The molecule has 0 atom stereocenters. The lowest BCUT2D eigenvalue weighted by atomic mass is 10.2. The normalized spacial score (nSPS) is 10.3. The summed E-state index contributed by atoms with van der Waals surface area (Å²) in [5.74, 6) is 1.20. The van der Waals surface area contributed by atoms with E-state index in [1.807, 2.05) is 6.92 Å². The zero-order valence-corrected chi connectivity index (χ0v) is 12.0. The number of nitrogens with two attached hydrogens (primary N) is 1. The Labute approximate surface area is 119 Å². The third-order valence-corrected chi connectivity index (χ3v) is 2.47. The second-order valence-electron chi connectivity index (χ2n) is 3.96. The van der Waals surface area contributed by atoms with Gasteiger partial charge in [0.15, 0.2) is 11.5 Å². The van der Waals surface area contributed by atoms with Crippen LogP contribution in [0, 0.1) is 5.41 Å². The van der Waals surface area contributed by atoms with Gasteiger partial charge in [0.25, 0.3) is 0 Å². The fourth-order valence-corrected chi connectivity index (χ4v) is 1.52. The van der Waals surface area contributed by atoms with Crippen LogP contribution in [0.2, 0.25) is 0 Å². The van der Waals surface area contributed by atoms with Gasteiger partial charge >= 0.3 is 0 Å². The van der Waals surface area contributed by atoms with Crippen molar-refractivity contribution in [1.29, 1.82) is 5.41 Å². The van der Waals surface area contributed by atoms with Gasteiger partial charge in [0.2, 0.25) is 0 Å². The van der Waals surface area contributed by atoms with Crippen molar-refractivity contribution in [3.63, 3.8) is 0 Å². The van der Waals surface area contributed by atoms with Crippen LogP contribution in [0.15, 0.2) is 18.2 Å². The number of amidine groups is 1. The first-order valence-electron chi connectivity index (χ1n) is 6.49. The van der Waals surface area contributed by atoms with Crippen LogP contribution in [-0.4, -0.2) is 46.0 Å². The third-order valence-electron chi connectivity index (χ3n) is 2.47. The van der Waals surface area contributed by atoms with E-state index in [0.717, 1.165) is 0 Å². The zero-order chi connectivity index (χ0) is 14.8. The van der Waals surface area contributed by atoms with E-state index in [2.05, 4.69) is 0 Å². The summed E-state index contributed by atoms with van der Waals surface area (Å²) in [6.45, 7) is 4.41. The minimum atomic E-state index is 0.000372. The highest BCUT2D eigenvalue weighted by Gasteiger charge is 2.08. The van der Waals surface area contributed by atoms with Gasteiger partial charge in [0.1, 0.15) is 12.4 Å². The molecule has 20 heavy (non-hydrogen) atoms. The molecule has 0 saturated carbocycles. The average Bonchev–Trinajstić information content (AvgIpc) is 2.44. The Kier molecular flexibility index (Phi) is 7.46. The molecule has 0 fully saturated rings. The summed E-state index contributed by atoms with van der Waals surface area (Å²) < 4.78 is 21.3. The van der Waals surface area contributed by atoms with Crippen LogP contribution < -0.4 is 15.2 Å². The van der Waals surface area contributed by atoms with Crippen molar-refractivity contribution in [3.05, 3.63) is 23.8 Å². The maximum absolute atomic E-state index is 7.42. The molecule has 0 radical (unpaired) electrons. The highest BCUT2D eigenvalue weighted by atomic mass is 16.5. The van der Waals surface area contributed by atoms with E-state index in [9.17, 15) is 0 Å². The summed E-state index contributed by atoms with van der Waals surface area (Å²) in [4.78, 5) is 0. The first-order chi connectivity index (χ1) is 9.69. The van der Waals surface area contributed by atoms with Gasteiger partial charge in [-0.1, -0.05) is 0 Å². The van der Waals surface area contributed by atoms with Crippen LogP contribution in [0.4, 0.5) is 0 Å². The maximum Gasteiger partial charge on any atom is 0.161 e. The van der Waals surface area contributed by atoms with Crippen LogP contribution in [-0.2, 0) is 9.47 Å². The number of nitrogens with one attached hydrogen (secondary N) is 1. The zero-order valence-electron chi connectivity index (χ0n) is 12.0. The van der Waals surface area contributed by atoms with Gasteiger partial charge in [-0.2, -0.15) is 0 Å². The first kappa shape index (κ1) is 16.3. The van der Waals surface area contributed by atoms with Gasteiger partial charge in [-0.3, -0.25) is 5.41 Å². The van der Waals surface area contributed by atoms with E-state index in [4.69, 9.17) is 30.1 Å². The molecular weight excluding hydrogens is 260 g/mol. The molecule has 1 aromatic rings. The molecule has 0 heterocycles. The Hall–Kier alpha value is -1.79. The van der Waals surface area contributed by atoms with Crippen molar-refractivity contribution >= 4 is 5.84 Å². The summed E-state index contributed by atoms with van der Waals surface area (Å²) >= 11 is 0. The quantitative estimate of drug-likeness (QED) is 0.385. The number of hydrogen-bond acceptors (Lipinski definition) is 5. The summed E-state index contributed by atoms with van der Waals surface area (Å²) in [5, 5.41) is 7.42. The minimum Gasteiger partial charge on any atom is -0.490 e. The Morgan fingerprint density at radius 3 is 2.50 bits per heavy atom. The predicted octanol–water partition coefficient (Wildman–Crippen LogP) is 1.41. The van der Waals surface area contributed by atoms with E-state index in [1.54, 1.807) is 25.3 Å². The molecule has 0 saturated heterocycles. The van der Waals surface area contributed by atoms with Crippen molar-refractivity contribution in [2.24, 2.45) is 5.73 Å². The molecule has 0 amide bonds. The summed E-state index contributed by atoms with van der Waals surface area (Å²) in [5.41, 5.74) is 6.06. The molecule has 3 N–H and O–H groups in total. The van der Waals surface area contributed by atoms with Crippen LogP contribution in [0.1, 0.15) is 12.5 Å².